The molecule has 4 bridgehead atoms. The summed E-state index contributed by atoms with van der Waals surface area (Å²) in [5, 5.41) is 0. The van der Waals surface area contributed by atoms with Gasteiger partial charge < -0.3 is 4.90 Å². The van der Waals surface area contributed by atoms with E-state index in [-0.39, 0.29) is 5.41 Å². The Morgan fingerprint density at radius 2 is 0.931 bits per heavy atom. The lowest BCUT2D eigenvalue weighted by Gasteiger charge is -2.57. The van der Waals surface area contributed by atoms with Crippen LogP contribution in [0.3, 0.4) is 0 Å². The fourth-order valence-electron chi connectivity index (χ4n) is 12.2. The number of fused-ring (bicyclic) bond motifs is 3. The van der Waals surface area contributed by atoms with Gasteiger partial charge in [0.1, 0.15) is 0 Å². The van der Waals surface area contributed by atoms with E-state index in [2.05, 4.69) is 190 Å². The van der Waals surface area contributed by atoms with Crippen molar-refractivity contribution < 1.29 is 0 Å². The third kappa shape index (κ3) is 5.88. The van der Waals surface area contributed by atoms with E-state index < -0.39 is 0 Å². The minimum absolute atomic E-state index is 0.102. The highest BCUT2D eigenvalue weighted by atomic mass is 15.1. The number of nitrogens with zero attached hydrogens (tertiary/aromatic N) is 1. The Labute approximate surface area is 345 Å². The van der Waals surface area contributed by atoms with Crippen molar-refractivity contribution in [2.24, 2.45) is 17.8 Å². The molecule has 5 aliphatic rings. The second-order valence-corrected chi connectivity index (χ2v) is 19.0. The molecule has 0 aliphatic heterocycles. The highest BCUT2D eigenvalue weighted by molar-refractivity contribution is 5.92. The Hall–Kier alpha value is -5.66. The summed E-state index contributed by atoms with van der Waals surface area (Å²) in [6, 6.07) is 60.2. The number of rotatable bonds is 7. The molecule has 12 rings (SSSR count). The van der Waals surface area contributed by atoms with E-state index in [1.54, 1.807) is 5.56 Å². The SMILES string of the molecule is Cc1ccc(-c2ccc(N(c3ccc(-c4ccc(C56CC7CC(CC(C7)C5)C6)cc4)cc3)c3ccc4c(c3)C(C)(C)c3ccccc3-4)c(-c3ccc(C)cc3)c2)cc1. The van der Waals surface area contributed by atoms with Gasteiger partial charge in [0, 0.05) is 22.4 Å². The number of hydrogen-bond donors (Lipinski definition) is 0. The fraction of sp³-hybridized carbons (Fsp3) is 0.263. The molecule has 4 saturated carbocycles. The first-order chi connectivity index (χ1) is 28.2. The first kappa shape index (κ1) is 35.5. The summed E-state index contributed by atoms with van der Waals surface area (Å²) in [4.78, 5) is 2.49. The number of aryl methyl sites for hydroxylation is 2. The number of benzene rings is 7. The molecule has 0 heterocycles. The van der Waals surface area contributed by atoms with Crippen molar-refractivity contribution in [3.63, 3.8) is 0 Å². The Bertz CT molecular complexity index is 2620. The van der Waals surface area contributed by atoms with Gasteiger partial charge in [0.05, 0.1) is 5.69 Å². The van der Waals surface area contributed by atoms with Gasteiger partial charge in [-0.1, -0.05) is 146 Å². The molecule has 286 valence electrons. The van der Waals surface area contributed by atoms with Crippen LogP contribution in [-0.4, -0.2) is 0 Å². The molecular formula is C57H53N. The Morgan fingerprint density at radius 3 is 1.57 bits per heavy atom. The van der Waals surface area contributed by atoms with E-state index >= 15 is 0 Å². The maximum atomic E-state index is 2.49. The molecule has 7 aromatic carbocycles. The van der Waals surface area contributed by atoms with Crippen molar-refractivity contribution in [3.8, 4) is 44.5 Å². The van der Waals surface area contributed by atoms with Crippen molar-refractivity contribution in [1.82, 2.24) is 0 Å². The molecule has 0 unspecified atom stereocenters. The van der Waals surface area contributed by atoms with Crippen LogP contribution < -0.4 is 4.90 Å². The standard InChI is InChI=1S/C57H53N/c1-37-9-13-44(14-10-37)46-21-28-55(52(32-46)45-15-11-38(2)12-16-45)58(49-26-27-51-50-7-5-6-8-53(50)56(3,4)54(51)33-49)48-24-19-43(20-25-48)42-17-22-47(23-18-42)57-34-39-29-40(35-57)31-41(30-39)36-57/h5-28,32-33,39-41H,29-31,34-36H2,1-4H3. The molecule has 5 aliphatic carbocycles. The summed E-state index contributed by atoms with van der Waals surface area (Å²) < 4.78 is 0. The lowest BCUT2D eigenvalue weighted by Crippen LogP contribution is -2.48. The summed E-state index contributed by atoms with van der Waals surface area (Å²) in [6.45, 7) is 9.08. The predicted molar refractivity (Wildman–Crippen MR) is 244 cm³/mol. The Balaban J connectivity index is 1.02. The van der Waals surface area contributed by atoms with E-state index in [0.29, 0.717) is 5.41 Å². The lowest BCUT2D eigenvalue weighted by molar-refractivity contribution is -0.00518. The van der Waals surface area contributed by atoms with E-state index in [0.717, 1.165) is 23.4 Å². The molecule has 0 spiro atoms. The second-order valence-electron chi connectivity index (χ2n) is 19.0. The van der Waals surface area contributed by atoms with Crippen LogP contribution in [-0.2, 0) is 10.8 Å². The lowest BCUT2D eigenvalue weighted by atomic mass is 9.48. The molecule has 4 fully saturated rings. The van der Waals surface area contributed by atoms with Crippen LogP contribution in [0.15, 0.2) is 158 Å². The van der Waals surface area contributed by atoms with Gasteiger partial charge >= 0.3 is 0 Å². The summed E-state index contributed by atoms with van der Waals surface area (Å²) in [5.74, 6) is 2.87. The maximum Gasteiger partial charge on any atom is 0.0540 e. The fourth-order valence-corrected chi connectivity index (χ4v) is 12.2. The summed E-state index contributed by atoms with van der Waals surface area (Å²) in [5.41, 5.74) is 20.8. The van der Waals surface area contributed by atoms with Gasteiger partial charge in [0.25, 0.3) is 0 Å². The van der Waals surface area contributed by atoms with Gasteiger partial charge in [-0.3, -0.25) is 0 Å². The van der Waals surface area contributed by atoms with Crippen LogP contribution in [0.4, 0.5) is 17.1 Å². The first-order valence-electron chi connectivity index (χ1n) is 21.7. The maximum absolute atomic E-state index is 2.49. The van der Waals surface area contributed by atoms with E-state index in [9.17, 15) is 0 Å². The third-order valence-electron chi connectivity index (χ3n) is 14.8. The quantitative estimate of drug-likeness (QED) is 0.157. The van der Waals surface area contributed by atoms with E-state index in [1.807, 2.05) is 0 Å². The van der Waals surface area contributed by atoms with Crippen LogP contribution in [0.1, 0.15) is 80.2 Å². The van der Waals surface area contributed by atoms with E-state index in [4.69, 9.17) is 0 Å². The summed E-state index contributed by atoms with van der Waals surface area (Å²) >= 11 is 0. The van der Waals surface area contributed by atoms with Crippen LogP contribution >= 0.6 is 0 Å². The molecule has 0 atom stereocenters. The second kappa shape index (κ2) is 13.5. The number of anilines is 3. The van der Waals surface area contributed by atoms with Crippen LogP contribution in [0.25, 0.3) is 44.5 Å². The molecule has 0 radical (unpaired) electrons. The van der Waals surface area contributed by atoms with E-state index in [1.165, 1.54) is 117 Å². The van der Waals surface area contributed by atoms with Gasteiger partial charge in [-0.05, 0) is 168 Å². The Kier molecular flexibility index (Phi) is 8.23. The van der Waals surface area contributed by atoms with Crippen LogP contribution in [0.2, 0.25) is 0 Å². The summed E-state index contributed by atoms with van der Waals surface area (Å²) in [7, 11) is 0. The van der Waals surface area contributed by atoms with Crippen molar-refractivity contribution in [2.45, 2.75) is 77.0 Å². The normalized spacial score (nSPS) is 22.1. The molecule has 0 aromatic heterocycles. The zero-order valence-electron chi connectivity index (χ0n) is 34.4. The minimum Gasteiger partial charge on any atom is -0.310 e. The molecule has 1 heteroatoms. The molecule has 7 aromatic rings. The first-order valence-corrected chi connectivity index (χ1v) is 21.7. The van der Waals surface area contributed by atoms with Gasteiger partial charge in [-0.25, -0.2) is 0 Å². The molecular weight excluding hydrogens is 699 g/mol. The third-order valence-corrected chi connectivity index (χ3v) is 14.8. The Morgan fingerprint density at radius 1 is 0.431 bits per heavy atom. The minimum atomic E-state index is -0.102. The summed E-state index contributed by atoms with van der Waals surface area (Å²) in [6.07, 6.45) is 8.69. The topological polar surface area (TPSA) is 3.24 Å². The van der Waals surface area contributed by atoms with Crippen molar-refractivity contribution in [2.75, 3.05) is 4.90 Å². The smallest absolute Gasteiger partial charge is 0.0540 e. The zero-order chi connectivity index (χ0) is 39.2. The van der Waals surface area contributed by atoms with Gasteiger partial charge in [-0.2, -0.15) is 0 Å². The van der Waals surface area contributed by atoms with Crippen molar-refractivity contribution in [1.29, 1.82) is 0 Å². The van der Waals surface area contributed by atoms with Gasteiger partial charge in [0.15, 0.2) is 0 Å². The highest BCUT2D eigenvalue weighted by Gasteiger charge is 2.51. The average Bonchev–Trinajstić information content (AvgIpc) is 3.47. The predicted octanol–water partition coefficient (Wildman–Crippen LogP) is 15.5. The number of hydrogen-bond acceptors (Lipinski definition) is 1. The highest BCUT2D eigenvalue weighted by Crippen LogP contribution is 2.61. The monoisotopic (exact) mass is 751 g/mol. The molecule has 0 amide bonds. The zero-order valence-corrected chi connectivity index (χ0v) is 34.4. The molecule has 58 heavy (non-hydrogen) atoms. The van der Waals surface area contributed by atoms with Crippen molar-refractivity contribution in [3.05, 3.63) is 186 Å². The molecule has 0 N–H and O–H groups in total. The van der Waals surface area contributed by atoms with Gasteiger partial charge in [-0.15, -0.1) is 0 Å². The van der Waals surface area contributed by atoms with Crippen molar-refractivity contribution >= 4 is 17.1 Å². The van der Waals surface area contributed by atoms with Gasteiger partial charge in [0.2, 0.25) is 0 Å². The average molecular weight is 752 g/mol. The largest absolute Gasteiger partial charge is 0.310 e. The molecule has 0 saturated heterocycles. The molecule has 1 nitrogen and oxygen atoms in total. The van der Waals surface area contributed by atoms with Crippen LogP contribution in [0.5, 0.6) is 0 Å². The van der Waals surface area contributed by atoms with Crippen LogP contribution in [0, 0.1) is 31.6 Å².